The second-order valence-electron chi connectivity index (χ2n) is 6.12. The number of sulfone groups is 1. The number of guanidine groups is 1. The van der Waals surface area contributed by atoms with E-state index in [1.54, 1.807) is 31.3 Å². The molecule has 0 aromatic heterocycles. The Morgan fingerprint density at radius 3 is 1.93 bits per heavy atom. The maximum Gasteiger partial charge on any atom is 0.190 e. The summed E-state index contributed by atoms with van der Waals surface area (Å²) in [6.45, 7) is 1.08. The topological polar surface area (TPSA) is 70.6 Å². The summed E-state index contributed by atoms with van der Waals surface area (Å²) in [5, 5.41) is 6.23. The highest BCUT2D eigenvalue weighted by molar-refractivity contribution is 7.90. The van der Waals surface area contributed by atoms with Crippen molar-refractivity contribution in [3.05, 3.63) is 65.2 Å². The van der Waals surface area contributed by atoms with Gasteiger partial charge in [-0.3, -0.25) is 4.99 Å². The highest BCUT2D eigenvalue weighted by Gasteiger charge is 2.06. The van der Waals surface area contributed by atoms with E-state index in [9.17, 15) is 17.2 Å². The van der Waals surface area contributed by atoms with Gasteiger partial charge >= 0.3 is 0 Å². The van der Waals surface area contributed by atoms with Gasteiger partial charge in [-0.25, -0.2) is 17.2 Å². The van der Waals surface area contributed by atoms with E-state index in [1.807, 2.05) is 0 Å². The molecule has 2 aromatic rings. The van der Waals surface area contributed by atoms with Crippen LogP contribution in [-0.2, 0) is 22.7 Å². The maximum atomic E-state index is 13.2. The van der Waals surface area contributed by atoms with Gasteiger partial charge in [0.15, 0.2) is 15.8 Å². The van der Waals surface area contributed by atoms with Crippen molar-refractivity contribution in [2.45, 2.75) is 17.7 Å². The summed E-state index contributed by atoms with van der Waals surface area (Å²) < 4.78 is 49.2. The molecule has 0 unspecified atom stereocenters. The molecule has 2 rings (SSSR count). The summed E-state index contributed by atoms with van der Waals surface area (Å²) in [5.74, 6) is -0.594. The van der Waals surface area contributed by atoms with Crippen LogP contribution in [0.15, 0.2) is 52.4 Å². The van der Waals surface area contributed by atoms with Crippen molar-refractivity contribution in [2.75, 3.05) is 26.4 Å². The van der Waals surface area contributed by atoms with Crippen molar-refractivity contribution in [1.29, 1.82) is 0 Å². The Balaban J connectivity index is 1.77. The van der Waals surface area contributed by atoms with E-state index in [0.29, 0.717) is 42.3 Å². The zero-order chi connectivity index (χ0) is 19.9. The van der Waals surface area contributed by atoms with Gasteiger partial charge in [-0.15, -0.1) is 0 Å². The van der Waals surface area contributed by atoms with Gasteiger partial charge in [-0.05, 0) is 48.2 Å². The zero-order valence-corrected chi connectivity index (χ0v) is 16.1. The number of nitrogens with zero attached hydrogens (tertiary/aromatic N) is 1. The first kappa shape index (κ1) is 20.8. The summed E-state index contributed by atoms with van der Waals surface area (Å²) >= 11 is 0. The minimum atomic E-state index is -3.19. The van der Waals surface area contributed by atoms with Gasteiger partial charge in [0.05, 0.1) is 4.90 Å². The van der Waals surface area contributed by atoms with Gasteiger partial charge in [0.1, 0.15) is 11.6 Å². The fourth-order valence-electron chi connectivity index (χ4n) is 2.53. The lowest BCUT2D eigenvalue weighted by Crippen LogP contribution is -2.39. The van der Waals surface area contributed by atoms with Crippen LogP contribution in [-0.4, -0.2) is 40.8 Å². The third-order valence-electron chi connectivity index (χ3n) is 3.91. The zero-order valence-electron chi connectivity index (χ0n) is 15.3. The third kappa shape index (κ3) is 6.97. The van der Waals surface area contributed by atoms with Crippen molar-refractivity contribution in [3.8, 4) is 0 Å². The van der Waals surface area contributed by atoms with Crippen molar-refractivity contribution >= 4 is 15.8 Å². The van der Waals surface area contributed by atoms with Gasteiger partial charge in [-0.1, -0.05) is 12.1 Å². The maximum absolute atomic E-state index is 13.2. The normalized spacial score (nSPS) is 12.1. The van der Waals surface area contributed by atoms with Crippen LogP contribution in [0.3, 0.4) is 0 Å². The van der Waals surface area contributed by atoms with E-state index in [4.69, 9.17) is 0 Å². The number of halogens is 2. The summed E-state index contributed by atoms with van der Waals surface area (Å²) in [6.07, 6.45) is 2.33. The summed E-state index contributed by atoms with van der Waals surface area (Å²) in [4.78, 5) is 4.40. The molecular formula is C19H23F2N3O2S. The minimum Gasteiger partial charge on any atom is -0.356 e. The molecule has 27 heavy (non-hydrogen) atoms. The van der Waals surface area contributed by atoms with Crippen LogP contribution < -0.4 is 10.6 Å². The molecule has 0 saturated heterocycles. The molecule has 0 aliphatic rings. The first-order valence-electron chi connectivity index (χ1n) is 8.46. The highest BCUT2D eigenvalue weighted by Crippen LogP contribution is 2.10. The number of hydrogen-bond donors (Lipinski definition) is 2. The molecule has 0 heterocycles. The molecule has 0 saturated carbocycles. The average molecular weight is 395 g/mol. The van der Waals surface area contributed by atoms with Crippen LogP contribution in [0.25, 0.3) is 0 Å². The fraction of sp³-hybridized carbons (Fsp3) is 0.316. The molecular weight excluding hydrogens is 372 g/mol. The number of rotatable bonds is 7. The van der Waals surface area contributed by atoms with Crippen LogP contribution in [0.5, 0.6) is 0 Å². The van der Waals surface area contributed by atoms with Crippen LogP contribution in [0.4, 0.5) is 8.78 Å². The van der Waals surface area contributed by atoms with Gasteiger partial charge in [-0.2, -0.15) is 0 Å². The predicted molar refractivity (Wildman–Crippen MR) is 103 cm³/mol. The van der Waals surface area contributed by atoms with E-state index >= 15 is 0 Å². The SMILES string of the molecule is CN=C(NCCc1ccc(S(C)(=O)=O)cc1)NCCc1cc(F)cc(F)c1. The van der Waals surface area contributed by atoms with Crippen molar-refractivity contribution in [1.82, 2.24) is 10.6 Å². The summed E-state index contributed by atoms with van der Waals surface area (Å²) in [5.41, 5.74) is 1.57. The average Bonchev–Trinajstić information content (AvgIpc) is 2.59. The van der Waals surface area contributed by atoms with Crippen molar-refractivity contribution < 1.29 is 17.2 Å². The van der Waals surface area contributed by atoms with Gasteiger partial charge in [0.25, 0.3) is 0 Å². The Bertz CT molecular complexity index is 877. The largest absolute Gasteiger partial charge is 0.356 e. The second-order valence-corrected chi connectivity index (χ2v) is 8.14. The van der Waals surface area contributed by atoms with Gasteiger partial charge in [0.2, 0.25) is 0 Å². The molecule has 2 aromatic carbocycles. The molecule has 0 bridgehead atoms. The summed E-state index contributed by atoms with van der Waals surface area (Å²) in [7, 11) is -1.55. The Hall–Kier alpha value is -2.48. The molecule has 5 nitrogen and oxygen atoms in total. The monoisotopic (exact) mass is 395 g/mol. The first-order valence-corrected chi connectivity index (χ1v) is 10.4. The molecule has 0 amide bonds. The van der Waals surface area contributed by atoms with Crippen LogP contribution in [0.1, 0.15) is 11.1 Å². The minimum absolute atomic E-state index is 0.297. The lowest BCUT2D eigenvalue weighted by molar-refractivity contribution is 0.579. The Kier molecular flexibility index (Phi) is 7.29. The predicted octanol–water partition coefficient (Wildman–Crippen LogP) is 2.32. The lowest BCUT2D eigenvalue weighted by Gasteiger charge is -2.12. The lowest BCUT2D eigenvalue weighted by atomic mass is 10.1. The number of aliphatic imine (C=N–C) groups is 1. The number of hydrogen-bond acceptors (Lipinski definition) is 3. The molecule has 8 heteroatoms. The molecule has 0 aliphatic carbocycles. The van der Waals surface area contributed by atoms with Gasteiger partial charge < -0.3 is 10.6 Å². The number of nitrogens with one attached hydrogen (secondary N) is 2. The fourth-order valence-corrected chi connectivity index (χ4v) is 3.16. The quantitative estimate of drug-likeness (QED) is 0.558. The van der Waals surface area contributed by atoms with Crippen LogP contribution in [0, 0.1) is 11.6 Å². The van der Waals surface area contributed by atoms with Crippen molar-refractivity contribution in [3.63, 3.8) is 0 Å². The molecule has 0 radical (unpaired) electrons. The standard InChI is InChI=1S/C19H23F2N3O2S/c1-22-19(24-10-8-15-11-16(20)13-17(21)12-15)23-9-7-14-3-5-18(6-4-14)27(2,25)26/h3-6,11-13H,7-10H2,1-2H3,(H2,22,23,24). The molecule has 2 N–H and O–H groups in total. The molecule has 0 atom stereocenters. The van der Waals surface area contributed by atoms with Crippen LogP contribution >= 0.6 is 0 Å². The Morgan fingerprint density at radius 1 is 0.926 bits per heavy atom. The van der Waals surface area contributed by atoms with E-state index in [1.165, 1.54) is 18.4 Å². The van der Waals surface area contributed by atoms with E-state index in [0.717, 1.165) is 11.6 Å². The molecule has 0 spiro atoms. The second kappa shape index (κ2) is 9.45. The smallest absolute Gasteiger partial charge is 0.190 e. The highest BCUT2D eigenvalue weighted by atomic mass is 32.2. The Labute approximate surface area is 158 Å². The van der Waals surface area contributed by atoms with Gasteiger partial charge in [0, 0.05) is 32.5 Å². The molecule has 0 aliphatic heterocycles. The van der Waals surface area contributed by atoms with Crippen molar-refractivity contribution in [2.24, 2.45) is 4.99 Å². The number of benzene rings is 2. The molecule has 146 valence electrons. The van der Waals surface area contributed by atoms with E-state index in [2.05, 4.69) is 15.6 Å². The molecule has 0 fully saturated rings. The Morgan fingerprint density at radius 2 is 1.44 bits per heavy atom. The van der Waals surface area contributed by atoms with E-state index < -0.39 is 21.5 Å². The third-order valence-corrected chi connectivity index (χ3v) is 5.04. The van der Waals surface area contributed by atoms with Crippen LogP contribution in [0.2, 0.25) is 0 Å². The van der Waals surface area contributed by atoms with E-state index in [-0.39, 0.29) is 0 Å². The summed E-state index contributed by atoms with van der Waals surface area (Å²) in [6, 6.07) is 10.2. The first-order chi connectivity index (χ1) is 12.8.